The van der Waals surface area contributed by atoms with E-state index in [-0.39, 0.29) is 0 Å². The van der Waals surface area contributed by atoms with Gasteiger partial charge in [-0.25, -0.2) is 0 Å². The predicted octanol–water partition coefficient (Wildman–Crippen LogP) is 1.13. The zero-order valence-electron chi connectivity index (χ0n) is 15.4. The summed E-state index contributed by atoms with van der Waals surface area (Å²) in [6.07, 6.45) is 6.10. The lowest BCUT2D eigenvalue weighted by Gasteiger charge is -2.15. The standard InChI is InChI=1S/C20H19N3.C2H4O2/c1-13-12-16(6-11-19(13)23)20(14-2-7-17(21)8-3-14)15-4-9-18(22)10-5-15;1-2(3)4/h2-12,23H,21-22H2,1H3;1H3,(H,3,4). The lowest BCUT2D eigenvalue weighted by molar-refractivity contribution is -0.302. The summed E-state index contributed by atoms with van der Waals surface area (Å²) >= 11 is 0. The number of carbonyl (C=O) groups excluding carboxylic acids is 1. The van der Waals surface area contributed by atoms with E-state index in [4.69, 9.17) is 26.8 Å². The van der Waals surface area contributed by atoms with Gasteiger partial charge in [-0.2, -0.15) is 0 Å². The van der Waals surface area contributed by atoms with Crippen LogP contribution in [0.1, 0.15) is 25.0 Å². The first-order valence-electron chi connectivity index (χ1n) is 8.41. The smallest absolute Gasteiger partial charge is 0.199 e. The Morgan fingerprint density at radius 3 is 1.67 bits per heavy atom. The molecule has 0 bridgehead atoms. The predicted molar refractivity (Wildman–Crippen MR) is 108 cm³/mol. The number of nitrogens with two attached hydrogens (primary N) is 3. The SMILES string of the molecule is CC(=O)[O-].CC1=CC(=C(c2ccc(N)cc2)c2ccc(N)cc2)C=CC1=[NH2+]. The molecule has 0 amide bonds. The van der Waals surface area contributed by atoms with Gasteiger partial charge in [-0.05, 0) is 72.5 Å². The minimum atomic E-state index is -1.08. The minimum absolute atomic E-state index is 0.749. The number of benzene rings is 2. The Hall–Kier alpha value is -3.60. The molecular weight excluding hydrogens is 338 g/mol. The van der Waals surface area contributed by atoms with Crippen LogP contribution in [0.5, 0.6) is 0 Å². The first-order chi connectivity index (χ1) is 12.8. The molecule has 1 aliphatic carbocycles. The van der Waals surface area contributed by atoms with E-state index >= 15 is 0 Å². The monoisotopic (exact) mass is 361 g/mol. The largest absolute Gasteiger partial charge is 0.550 e. The first kappa shape index (κ1) is 19.7. The van der Waals surface area contributed by atoms with E-state index in [9.17, 15) is 0 Å². The maximum absolute atomic E-state index is 8.89. The van der Waals surface area contributed by atoms with Crippen molar-refractivity contribution in [1.82, 2.24) is 0 Å². The maximum Gasteiger partial charge on any atom is 0.199 e. The molecule has 0 saturated carbocycles. The van der Waals surface area contributed by atoms with Crippen molar-refractivity contribution in [3.05, 3.63) is 89.0 Å². The van der Waals surface area contributed by atoms with E-state index in [1.165, 1.54) is 0 Å². The summed E-state index contributed by atoms with van der Waals surface area (Å²) in [5.74, 6) is -1.08. The zero-order chi connectivity index (χ0) is 20.0. The van der Waals surface area contributed by atoms with Gasteiger partial charge in [0, 0.05) is 29.0 Å². The van der Waals surface area contributed by atoms with Crippen LogP contribution >= 0.6 is 0 Å². The molecule has 5 heteroatoms. The highest BCUT2D eigenvalue weighted by molar-refractivity contribution is 6.07. The van der Waals surface area contributed by atoms with Gasteiger partial charge in [-0.3, -0.25) is 5.41 Å². The van der Waals surface area contributed by atoms with E-state index < -0.39 is 5.97 Å². The quantitative estimate of drug-likeness (QED) is 0.695. The average Bonchev–Trinajstić information content (AvgIpc) is 2.61. The van der Waals surface area contributed by atoms with Gasteiger partial charge < -0.3 is 21.4 Å². The molecule has 1 aliphatic rings. The lowest BCUT2D eigenvalue weighted by atomic mass is 9.89. The molecule has 0 spiro atoms. The molecule has 0 heterocycles. The van der Waals surface area contributed by atoms with Crippen LogP contribution in [0.4, 0.5) is 11.4 Å². The number of carboxylic acid groups (broad SMARTS) is 1. The summed E-state index contributed by atoms with van der Waals surface area (Å²) in [6.45, 7) is 2.99. The van der Waals surface area contributed by atoms with Crippen LogP contribution in [0, 0.1) is 0 Å². The number of hydrogen-bond acceptors (Lipinski definition) is 4. The van der Waals surface area contributed by atoms with Gasteiger partial charge in [0.2, 0.25) is 0 Å². The van der Waals surface area contributed by atoms with Crippen molar-refractivity contribution in [3.8, 4) is 0 Å². The topological polar surface area (TPSA) is 118 Å². The molecular formula is C22H23N3O2. The molecule has 138 valence electrons. The molecule has 2 aromatic carbocycles. The van der Waals surface area contributed by atoms with Crippen molar-refractivity contribution in [2.24, 2.45) is 0 Å². The van der Waals surface area contributed by atoms with Crippen molar-refractivity contribution in [2.45, 2.75) is 13.8 Å². The minimum Gasteiger partial charge on any atom is -0.550 e. The maximum atomic E-state index is 8.89. The number of nitrogen functional groups attached to an aromatic ring is 2. The molecule has 27 heavy (non-hydrogen) atoms. The van der Waals surface area contributed by atoms with Crippen molar-refractivity contribution in [2.75, 3.05) is 11.5 Å². The van der Waals surface area contributed by atoms with E-state index in [1.54, 1.807) is 0 Å². The molecule has 0 radical (unpaired) electrons. The van der Waals surface area contributed by atoms with Crippen molar-refractivity contribution < 1.29 is 15.3 Å². The van der Waals surface area contributed by atoms with E-state index in [1.807, 2.05) is 67.6 Å². The molecule has 3 rings (SSSR count). The van der Waals surface area contributed by atoms with Gasteiger partial charge in [0.1, 0.15) is 0 Å². The van der Waals surface area contributed by atoms with Gasteiger partial charge >= 0.3 is 0 Å². The highest BCUT2D eigenvalue weighted by atomic mass is 16.4. The van der Waals surface area contributed by atoms with Crippen LogP contribution in [-0.4, -0.2) is 11.7 Å². The molecule has 0 fully saturated rings. The second-order valence-corrected chi connectivity index (χ2v) is 6.18. The number of rotatable bonds is 2. The molecule has 0 aliphatic heterocycles. The fraction of sp³-hybridized carbons (Fsp3) is 0.0909. The van der Waals surface area contributed by atoms with Crippen molar-refractivity contribution >= 4 is 28.6 Å². The zero-order valence-corrected chi connectivity index (χ0v) is 15.4. The number of aliphatic carboxylic acids is 1. The number of anilines is 2. The highest BCUT2D eigenvalue weighted by Crippen LogP contribution is 2.31. The summed E-state index contributed by atoms with van der Waals surface area (Å²) in [6, 6.07) is 15.8. The Morgan fingerprint density at radius 2 is 1.30 bits per heavy atom. The van der Waals surface area contributed by atoms with Gasteiger partial charge in [0.25, 0.3) is 0 Å². The number of carbonyl (C=O) groups is 1. The van der Waals surface area contributed by atoms with Gasteiger partial charge in [-0.1, -0.05) is 24.3 Å². The third-order valence-corrected chi connectivity index (χ3v) is 3.96. The van der Waals surface area contributed by atoms with E-state index in [0.29, 0.717) is 0 Å². The Bertz CT molecular complexity index is 883. The van der Waals surface area contributed by atoms with Crippen LogP contribution in [-0.2, 0) is 4.79 Å². The van der Waals surface area contributed by atoms with Gasteiger partial charge in [0.15, 0.2) is 5.71 Å². The fourth-order valence-electron chi connectivity index (χ4n) is 2.63. The van der Waals surface area contributed by atoms with Crippen LogP contribution < -0.4 is 22.0 Å². The second kappa shape index (κ2) is 8.67. The number of carboxylic acids is 1. The van der Waals surface area contributed by atoms with Crippen molar-refractivity contribution in [1.29, 1.82) is 0 Å². The summed E-state index contributed by atoms with van der Waals surface area (Å²) in [5, 5.41) is 14.9. The lowest BCUT2D eigenvalue weighted by Crippen LogP contribution is -2.39. The highest BCUT2D eigenvalue weighted by Gasteiger charge is 2.14. The Balaban J connectivity index is 0.000000596. The average molecular weight is 361 g/mol. The van der Waals surface area contributed by atoms with Crippen molar-refractivity contribution in [3.63, 3.8) is 0 Å². The molecule has 5 nitrogen and oxygen atoms in total. The van der Waals surface area contributed by atoms with Crippen LogP contribution in [0.25, 0.3) is 5.57 Å². The summed E-state index contributed by atoms with van der Waals surface area (Å²) in [7, 11) is 0. The third-order valence-electron chi connectivity index (χ3n) is 3.96. The van der Waals surface area contributed by atoms with Gasteiger partial charge in [0.05, 0.1) is 0 Å². The van der Waals surface area contributed by atoms with Crippen LogP contribution in [0.2, 0.25) is 0 Å². The second-order valence-electron chi connectivity index (χ2n) is 6.18. The summed E-state index contributed by atoms with van der Waals surface area (Å²) in [5.41, 5.74) is 19.5. The Kier molecular flexibility index (Phi) is 6.33. The van der Waals surface area contributed by atoms with E-state index in [2.05, 4.69) is 6.08 Å². The molecule has 0 unspecified atom stereocenters. The molecule has 0 atom stereocenters. The van der Waals surface area contributed by atoms with Crippen LogP contribution in [0.15, 0.2) is 77.9 Å². The summed E-state index contributed by atoms with van der Waals surface area (Å²) < 4.78 is 0. The molecule has 0 aromatic heterocycles. The summed E-state index contributed by atoms with van der Waals surface area (Å²) in [4.78, 5) is 8.89. The normalized spacial score (nSPS) is 12.7. The fourth-order valence-corrected chi connectivity index (χ4v) is 2.63. The number of hydrogen-bond donors (Lipinski definition) is 3. The first-order valence-corrected chi connectivity index (χ1v) is 8.41. The number of allylic oxidation sites excluding steroid dienone is 5. The Labute approximate surface area is 158 Å². The molecule has 0 saturated heterocycles. The van der Waals surface area contributed by atoms with Gasteiger partial charge in [-0.15, -0.1) is 0 Å². The molecule has 2 aromatic rings. The van der Waals surface area contributed by atoms with E-state index in [0.717, 1.165) is 51.9 Å². The third kappa shape index (κ3) is 5.44. The van der Waals surface area contributed by atoms with Crippen LogP contribution in [0.3, 0.4) is 0 Å². The molecule has 6 N–H and O–H groups in total. The Morgan fingerprint density at radius 1 is 0.889 bits per heavy atom.